The Bertz CT molecular complexity index is 462. The Labute approximate surface area is 120 Å². The maximum Gasteiger partial charge on any atom is 0.317 e. The molecule has 0 aromatic heterocycles. The van der Waals surface area contributed by atoms with E-state index in [1.165, 1.54) is 11.1 Å². The lowest BCUT2D eigenvalue weighted by Gasteiger charge is -2.30. The van der Waals surface area contributed by atoms with Crippen LogP contribution < -0.4 is 5.32 Å². The molecule has 2 N–H and O–H groups in total. The minimum atomic E-state index is -0.372. The highest BCUT2D eigenvalue weighted by atomic mass is 16.3. The molecule has 110 valence electrons. The molecule has 2 atom stereocenters. The van der Waals surface area contributed by atoms with E-state index in [-0.39, 0.29) is 18.1 Å². The monoisotopic (exact) mass is 276 g/mol. The molecule has 20 heavy (non-hydrogen) atoms. The number of carbonyl (C=O) groups is 1. The molecule has 4 nitrogen and oxygen atoms in total. The summed E-state index contributed by atoms with van der Waals surface area (Å²) >= 11 is 0. The lowest BCUT2D eigenvalue weighted by molar-refractivity contribution is 0.0842. The Morgan fingerprint density at radius 2 is 2.35 bits per heavy atom. The fourth-order valence-corrected chi connectivity index (χ4v) is 2.59. The van der Waals surface area contributed by atoms with Crippen molar-refractivity contribution < 1.29 is 9.90 Å². The highest BCUT2D eigenvalue weighted by molar-refractivity contribution is 5.74. The second kappa shape index (κ2) is 6.75. The maximum absolute atomic E-state index is 12.1. The Hall–Kier alpha value is -1.55. The zero-order valence-corrected chi connectivity index (χ0v) is 12.3. The largest absolute Gasteiger partial charge is 0.391 e. The highest BCUT2D eigenvalue weighted by Gasteiger charge is 2.22. The van der Waals surface area contributed by atoms with Gasteiger partial charge in [-0.05, 0) is 31.2 Å². The smallest absolute Gasteiger partial charge is 0.317 e. The van der Waals surface area contributed by atoms with Crippen LogP contribution in [0.1, 0.15) is 36.8 Å². The Kier molecular flexibility index (Phi) is 5.01. The molecule has 4 heteroatoms. The molecule has 1 aromatic rings. The number of carbonyl (C=O) groups excluding carboxylic acids is 1. The van der Waals surface area contributed by atoms with E-state index in [0.29, 0.717) is 13.1 Å². The lowest BCUT2D eigenvalue weighted by Crippen LogP contribution is -2.47. The summed E-state index contributed by atoms with van der Waals surface area (Å²) in [6, 6.07) is 8.30. The average molecular weight is 276 g/mol. The van der Waals surface area contributed by atoms with E-state index in [9.17, 15) is 9.90 Å². The van der Waals surface area contributed by atoms with Crippen LogP contribution in [0.3, 0.4) is 0 Å². The quantitative estimate of drug-likeness (QED) is 0.890. The van der Waals surface area contributed by atoms with Crippen LogP contribution in [0.4, 0.5) is 4.79 Å². The van der Waals surface area contributed by atoms with Crippen LogP contribution in [0.25, 0.3) is 0 Å². The maximum atomic E-state index is 12.1. The van der Waals surface area contributed by atoms with Gasteiger partial charge in [0.1, 0.15) is 0 Å². The van der Waals surface area contributed by atoms with Crippen molar-refractivity contribution in [2.45, 2.75) is 38.7 Å². The summed E-state index contributed by atoms with van der Waals surface area (Å²) in [5.41, 5.74) is 2.48. The molecular formula is C16H24N2O2. The first-order valence-electron chi connectivity index (χ1n) is 7.33. The van der Waals surface area contributed by atoms with E-state index in [1.807, 2.05) is 6.07 Å². The van der Waals surface area contributed by atoms with Crippen LogP contribution in [-0.4, -0.2) is 41.8 Å². The van der Waals surface area contributed by atoms with Crippen LogP contribution in [0.5, 0.6) is 0 Å². The third-order valence-corrected chi connectivity index (χ3v) is 3.85. The first-order valence-corrected chi connectivity index (χ1v) is 7.33. The van der Waals surface area contributed by atoms with Crippen molar-refractivity contribution in [1.29, 1.82) is 0 Å². The number of hydrogen-bond donors (Lipinski definition) is 2. The topological polar surface area (TPSA) is 52.6 Å². The fraction of sp³-hybridized carbons (Fsp3) is 0.562. The predicted octanol–water partition coefficient (Wildman–Crippen LogP) is 2.26. The van der Waals surface area contributed by atoms with Crippen molar-refractivity contribution in [1.82, 2.24) is 10.2 Å². The van der Waals surface area contributed by atoms with E-state index in [0.717, 1.165) is 19.4 Å². The van der Waals surface area contributed by atoms with Gasteiger partial charge in [0.2, 0.25) is 0 Å². The summed E-state index contributed by atoms with van der Waals surface area (Å²) in [5, 5.41) is 12.6. The van der Waals surface area contributed by atoms with Gasteiger partial charge in [0.15, 0.2) is 0 Å². The predicted molar refractivity (Wildman–Crippen MR) is 79.8 cm³/mol. The van der Waals surface area contributed by atoms with Gasteiger partial charge in [-0.3, -0.25) is 0 Å². The summed E-state index contributed by atoms with van der Waals surface area (Å²) < 4.78 is 0. The van der Waals surface area contributed by atoms with Crippen molar-refractivity contribution in [3.05, 3.63) is 35.4 Å². The SMILES string of the molecule is Cc1cccc(C(C)CNC(=O)N2CCCC(O)C2)c1. The second-order valence-electron chi connectivity index (χ2n) is 5.74. The number of hydrogen-bond acceptors (Lipinski definition) is 2. The van der Waals surface area contributed by atoms with Crippen LogP contribution in [-0.2, 0) is 0 Å². The number of urea groups is 1. The van der Waals surface area contributed by atoms with Crippen molar-refractivity contribution >= 4 is 6.03 Å². The van der Waals surface area contributed by atoms with E-state index in [4.69, 9.17) is 0 Å². The zero-order valence-electron chi connectivity index (χ0n) is 12.3. The molecule has 1 aliphatic heterocycles. The van der Waals surface area contributed by atoms with Crippen LogP contribution >= 0.6 is 0 Å². The highest BCUT2D eigenvalue weighted by Crippen LogP contribution is 2.16. The van der Waals surface area contributed by atoms with Gasteiger partial charge < -0.3 is 15.3 Å². The first kappa shape index (κ1) is 14.9. The number of aliphatic hydroxyl groups excluding tert-OH is 1. The van der Waals surface area contributed by atoms with Gasteiger partial charge >= 0.3 is 6.03 Å². The van der Waals surface area contributed by atoms with Gasteiger partial charge in [0.05, 0.1) is 6.10 Å². The molecular weight excluding hydrogens is 252 g/mol. The van der Waals surface area contributed by atoms with Gasteiger partial charge in [-0.1, -0.05) is 36.8 Å². The minimum absolute atomic E-state index is 0.0664. The summed E-state index contributed by atoms with van der Waals surface area (Å²) in [4.78, 5) is 13.8. The summed E-state index contributed by atoms with van der Waals surface area (Å²) in [6.07, 6.45) is 1.30. The average Bonchev–Trinajstić information content (AvgIpc) is 2.44. The number of nitrogens with one attached hydrogen (secondary N) is 1. The standard InChI is InChI=1S/C16H24N2O2/c1-12-5-3-6-14(9-12)13(2)10-17-16(20)18-8-4-7-15(19)11-18/h3,5-6,9,13,15,19H,4,7-8,10-11H2,1-2H3,(H,17,20). The van der Waals surface area contributed by atoms with Gasteiger partial charge in [-0.15, -0.1) is 0 Å². The van der Waals surface area contributed by atoms with Gasteiger partial charge in [-0.25, -0.2) is 4.79 Å². The number of amides is 2. The third kappa shape index (κ3) is 3.97. The number of piperidine rings is 1. The lowest BCUT2D eigenvalue weighted by atomic mass is 9.99. The van der Waals surface area contributed by atoms with E-state index >= 15 is 0 Å². The molecule has 1 heterocycles. The molecule has 0 spiro atoms. The molecule has 0 aliphatic carbocycles. The summed E-state index contributed by atoms with van der Waals surface area (Å²) in [6.45, 7) is 5.99. The first-order chi connectivity index (χ1) is 9.56. The third-order valence-electron chi connectivity index (χ3n) is 3.85. The molecule has 2 rings (SSSR count). The minimum Gasteiger partial charge on any atom is -0.391 e. The number of nitrogens with zero attached hydrogens (tertiary/aromatic N) is 1. The molecule has 2 amide bonds. The van der Waals surface area contributed by atoms with Gasteiger partial charge in [0, 0.05) is 19.6 Å². The van der Waals surface area contributed by atoms with E-state index in [2.05, 4.69) is 37.4 Å². The van der Waals surface area contributed by atoms with Crippen molar-refractivity contribution in [3.8, 4) is 0 Å². The van der Waals surface area contributed by atoms with Crippen molar-refractivity contribution in [2.75, 3.05) is 19.6 Å². The molecule has 1 aliphatic rings. The van der Waals surface area contributed by atoms with Gasteiger partial charge in [0.25, 0.3) is 0 Å². The summed E-state index contributed by atoms with van der Waals surface area (Å²) in [7, 11) is 0. The second-order valence-corrected chi connectivity index (χ2v) is 5.74. The normalized spacial score (nSPS) is 20.6. The Morgan fingerprint density at radius 1 is 1.55 bits per heavy atom. The van der Waals surface area contributed by atoms with Crippen molar-refractivity contribution in [2.24, 2.45) is 0 Å². The molecule has 1 fully saturated rings. The molecule has 0 saturated carbocycles. The number of likely N-dealkylation sites (tertiary alicyclic amines) is 1. The summed E-state index contributed by atoms with van der Waals surface area (Å²) in [5.74, 6) is 0.286. The Balaban J connectivity index is 1.83. The molecule has 2 unspecified atom stereocenters. The fourth-order valence-electron chi connectivity index (χ4n) is 2.59. The molecule has 0 radical (unpaired) electrons. The zero-order chi connectivity index (χ0) is 14.5. The van der Waals surface area contributed by atoms with E-state index < -0.39 is 0 Å². The Morgan fingerprint density at radius 3 is 3.05 bits per heavy atom. The van der Waals surface area contributed by atoms with Crippen LogP contribution in [0.15, 0.2) is 24.3 Å². The molecule has 0 bridgehead atoms. The number of β-amino-alcohol motifs (C(OH)–C–C–N with tert-alkyl or cyclic N) is 1. The number of rotatable bonds is 3. The molecule has 1 saturated heterocycles. The number of aryl methyl sites for hydroxylation is 1. The van der Waals surface area contributed by atoms with E-state index in [1.54, 1.807) is 4.90 Å². The van der Waals surface area contributed by atoms with Crippen molar-refractivity contribution in [3.63, 3.8) is 0 Å². The van der Waals surface area contributed by atoms with Crippen LogP contribution in [0, 0.1) is 6.92 Å². The molecule has 1 aromatic carbocycles. The number of aliphatic hydroxyl groups is 1. The number of benzene rings is 1. The van der Waals surface area contributed by atoms with Crippen LogP contribution in [0.2, 0.25) is 0 Å². The van der Waals surface area contributed by atoms with Gasteiger partial charge in [-0.2, -0.15) is 0 Å².